The van der Waals surface area contributed by atoms with Crippen LogP contribution in [0.4, 0.5) is 9.18 Å². The van der Waals surface area contributed by atoms with Gasteiger partial charge in [0.25, 0.3) is 0 Å². The summed E-state index contributed by atoms with van der Waals surface area (Å²) >= 11 is 0. The molecule has 0 aromatic carbocycles. The Hall–Kier alpha value is -1.37. The minimum Gasteiger partial charge on any atom is -0.479 e. The van der Waals surface area contributed by atoms with Gasteiger partial charge in [0.15, 0.2) is 0 Å². The van der Waals surface area contributed by atoms with Crippen LogP contribution in [0.3, 0.4) is 0 Å². The fourth-order valence-electron chi connectivity index (χ4n) is 1.94. The zero-order chi connectivity index (χ0) is 14.8. The van der Waals surface area contributed by atoms with Crippen molar-refractivity contribution in [2.24, 2.45) is 5.92 Å². The second-order valence-electron chi connectivity index (χ2n) is 5.71. The van der Waals surface area contributed by atoms with Crippen LogP contribution in [0.15, 0.2) is 0 Å². The average Bonchev–Trinajstić information content (AvgIpc) is 2.73. The van der Waals surface area contributed by atoms with E-state index in [1.807, 2.05) is 0 Å². The van der Waals surface area contributed by atoms with Crippen LogP contribution >= 0.6 is 0 Å². The number of carbonyl (C=O) groups is 2. The van der Waals surface area contributed by atoms with E-state index in [0.29, 0.717) is 13.0 Å². The van der Waals surface area contributed by atoms with Gasteiger partial charge in [-0.1, -0.05) is 0 Å². The van der Waals surface area contributed by atoms with Gasteiger partial charge in [0, 0.05) is 19.0 Å². The number of aliphatic hydroxyl groups excluding tert-OH is 1. The van der Waals surface area contributed by atoms with Gasteiger partial charge in [-0.25, -0.2) is 14.0 Å². The Bertz CT molecular complexity index is 355. The molecule has 1 amide bonds. The molecule has 110 valence electrons. The number of rotatable bonds is 3. The molecule has 2 N–H and O–H groups in total. The second-order valence-corrected chi connectivity index (χ2v) is 5.71. The SMILES string of the molecule is CC(C)(C)OC(=O)N1CCC(C(O)C(F)C(=O)O)C1. The van der Waals surface area contributed by atoms with Gasteiger partial charge in [0.1, 0.15) is 11.7 Å². The van der Waals surface area contributed by atoms with Crippen LogP contribution in [-0.2, 0) is 9.53 Å². The Labute approximate surface area is 111 Å². The number of likely N-dealkylation sites (tertiary alicyclic amines) is 1. The summed E-state index contributed by atoms with van der Waals surface area (Å²) in [4.78, 5) is 23.6. The molecule has 3 unspecified atom stereocenters. The topological polar surface area (TPSA) is 87.1 Å². The van der Waals surface area contributed by atoms with Crippen molar-refractivity contribution >= 4 is 12.1 Å². The number of carbonyl (C=O) groups excluding carboxylic acids is 1. The molecule has 0 radical (unpaired) electrons. The molecular weight excluding hydrogens is 257 g/mol. The molecule has 0 bridgehead atoms. The van der Waals surface area contributed by atoms with E-state index >= 15 is 0 Å². The number of ether oxygens (including phenoxy) is 1. The Morgan fingerprint density at radius 2 is 2.00 bits per heavy atom. The van der Waals surface area contributed by atoms with Gasteiger partial charge >= 0.3 is 12.1 Å². The van der Waals surface area contributed by atoms with Crippen molar-refractivity contribution in [3.63, 3.8) is 0 Å². The maximum Gasteiger partial charge on any atom is 0.410 e. The number of hydrogen-bond donors (Lipinski definition) is 2. The minimum atomic E-state index is -2.33. The Balaban J connectivity index is 2.54. The van der Waals surface area contributed by atoms with Crippen LogP contribution < -0.4 is 0 Å². The van der Waals surface area contributed by atoms with Gasteiger partial charge < -0.3 is 19.8 Å². The van der Waals surface area contributed by atoms with E-state index in [1.54, 1.807) is 20.8 Å². The summed E-state index contributed by atoms with van der Waals surface area (Å²) in [6.45, 7) is 5.62. The average molecular weight is 277 g/mol. The summed E-state index contributed by atoms with van der Waals surface area (Å²) in [7, 11) is 0. The number of carboxylic acid groups (broad SMARTS) is 1. The van der Waals surface area contributed by atoms with E-state index in [-0.39, 0.29) is 6.54 Å². The van der Waals surface area contributed by atoms with Gasteiger partial charge in [-0.05, 0) is 27.2 Å². The quantitative estimate of drug-likeness (QED) is 0.804. The third-order valence-corrected chi connectivity index (χ3v) is 2.90. The smallest absolute Gasteiger partial charge is 0.410 e. The summed E-state index contributed by atoms with van der Waals surface area (Å²) < 4.78 is 18.3. The summed E-state index contributed by atoms with van der Waals surface area (Å²) in [6.07, 6.45) is -4.12. The second kappa shape index (κ2) is 5.73. The van der Waals surface area contributed by atoms with E-state index in [4.69, 9.17) is 9.84 Å². The van der Waals surface area contributed by atoms with Crippen LogP contribution in [0.25, 0.3) is 0 Å². The predicted octanol–water partition coefficient (Wildman–Crippen LogP) is 1.03. The summed E-state index contributed by atoms with van der Waals surface area (Å²) in [6, 6.07) is 0. The normalized spacial score (nSPS) is 23.0. The molecule has 1 aliphatic rings. The lowest BCUT2D eigenvalue weighted by Crippen LogP contribution is -2.39. The molecule has 7 heteroatoms. The van der Waals surface area contributed by atoms with E-state index in [9.17, 15) is 19.1 Å². The van der Waals surface area contributed by atoms with E-state index < -0.39 is 35.9 Å². The molecule has 6 nitrogen and oxygen atoms in total. The Kier molecular flexibility index (Phi) is 4.73. The predicted molar refractivity (Wildman–Crippen MR) is 64.5 cm³/mol. The first-order chi connectivity index (χ1) is 8.61. The largest absolute Gasteiger partial charge is 0.479 e. The van der Waals surface area contributed by atoms with Gasteiger partial charge in [0.2, 0.25) is 6.17 Å². The number of amides is 1. The molecule has 0 aliphatic carbocycles. The molecule has 0 spiro atoms. The van der Waals surface area contributed by atoms with Crippen molar-refractivity contribution in [1.29, 1.82) is 0 Å². The lowest BCUT2D eigenvalue weighted by Gasteiger charge is -2.25. The van der Waals surface area contributed by atoms with E-state index in [2.05, 4.69) is 0 Å². The molecule has 1 saturated heterocycles. The molecule has 1 aliphatic heterocycles. The number of aliphatic carboxylic acids is 1. The fourth-order valence-corrected chi connectivity index (χ4v) is 1.94. The van der Waals surface area contributed by atoms with Crippen LogP contribution in [-0.4, -0.2) is 58.1 Å². The van der Waals surface area contributed by atoms with Crippen molar-refractivity contribution in [2.45, 2.75) is 45.1 Å². The highest BCUT2D eigenvalue weighted by Gasteiger charge is 2.39. The number of alkyl halides is 1. The summed E-state index contributed by atoms with van der Waals surface area (Å²) in [5.74, 6) is -2.28. The highest BCUT2D eigenvalue weighted by atomic mass is 19.1. The monoisotopic (exact) mass is 277 g/mol. The highest BCUT2D eigenvalue weighted by Crippen LogP contribution is 2.24. The molecule has 0 saturated carbocycles. The fraction of sp³-hybridized carbons (Fsp3) is 0.833. The first kappa shape index (κ1) is 15.7. The molecule has 1 heterocycles. The van der Waals surface area contributed by atoms with Crippen molar-refractivity contribution in [2.75, 3.05) is 13.1 Å². The van der Waals surface area contributed by atoms with E-state index in [0.717, 1.165) is 0 Å². The molecule has 1 rings (SSSR count). The minimum absolute atomic E-state index is 0.101. The molecule has 0 aromatic heterocycles. The number of aliphatic hydroxyl groups is 1. The van der Waals surface area contributed by atoms with Crippen molar-refractivity contribution in [3.05, 3.63) is 0 Å². The van der Waals surface area contributed by atoms with Gasteiger partial charge in [-0.2, -0.15) is 0 Å². The van der Waals surface area contributed by atoms with Crippen molar-refractivity contribution < 1.29 is 28.9 Å². The maximum atomic E-state index is 13.2. The summed E-state index contributed by atoms with van der Waals surface area (Å²) in [5.41, 5.74) is -0.628. The Morgan fingerprint density at radius 3 is 2.47 bits per heavy atom. The third kappa shape index (κ3) is 4.34. The maximum absolute atomic E-state index is 13.2. The van der Waals surface area contributed by atoms with Crippen molar-refractivity contribution in [3.8, 4) is 0 Å². The molecule has 3 atom stereocenters. The number of carboxylic acids is 1. The lowest BCUT2D eigenvalue weighted by atomic mass is 9.98. The van der Waals surface area contributed by atoms with Crippen molar-refractivity contribution in [1.82, 2.24) is 4.90 Å². The standard InChI is InChI=1S/C12H20FNO5/c1-12(2,3)19-11(18)14-5-4-7(6-14)9(15)8(13)10(16)17/h7-9,15H,4-6H2,1-3H3,(H,16,17). The Morgan fingerprint density at radius 1 is 1.42 bits per heavy atom. The molecule has 0 aromatic rings. The first-order valence-corrected chi connectivity index (χ1v) is 6.14. The first-order valence-electron chi connectivity index (χ1n) is 6.14. The molecule has 1 fully saturated rings. The summed E-state index contributed by atoms with van der Waals surface area (Å²) in [5, 5.41) is 18.1. The molecule has 19 heavy (non-hydrogen) atoms. The van der Waals surface area contributed by atoms with E-state index in [1.165, 1.54) is 4.90 Å². The van der Waals surface area contributed by atoms with Gasteiger partial charge in [-0.15, -0.1) is 0 Å². The molecular formula is C12H20FNO5. The van der Waals surface area contributed by atoms with Crippen LogP contribution in [0, 0.1) is 5.92 Å². The van der Waals surface area contributed by atoms with Crippen LogP contribution in [0.5, 0.6) is 0 Å². The number of hydrogen-bond acceptors (Lipinski definition) is 4. The zero-order valence-electron chi connectivity index (χ0n) is 11.3. The number of halogens is 1. The van der Waals surface area contributed by atoms with Gasteiger partial charge in [0.05, 0.1) is 0 Å². The zero-order valence-corrected chi connectivity index (χ0v) is 11.3. The number of nitrogens with zero attached hydrogens (tertiary/aromatic N) is 1. The van der Waals surface area contributed by atoms with Crippen LogP contribution in [0.1, 0.15) is 27.2 Å². The highest BCUT2D eigenvalue weighted by molar-refractivity contribution is 5.73. The van der Waals surface area contributed by atoms with Crippen LogP contribution in [0.2, 0.25) is 0 Å². The third-order valence-electron chi connectivity index (χ3n) is 2.90. The van der Waals surface area contributed by atoms with Gasteiger partial charge in [-0.3, -0.25) is 0 Å². The lowest BCUT2D eigenvalue weighted by molar-refractivity contribution is -0.148.